The summed E-state index contributed by atoms with van der Waals surface area (Å²) >= 11 is 0. The molecule has 0 atom stereocenters. The van der Waals surface area contributed by atoms with Gasteiger partial charge in [0, 0.05) is 31.6 Å². The Labute approximate surface area is 202 Å². The van der Waals surface area contributed by atoms with E-state index in [1.54, 1.807) is 19.9 Å². The lowest BCUT2D eigenvalue weighted by Gasteiger charge is -2.12. The summed E-state index contributed by atoms with van der Waals surface area (Å²) in [5.41, 5.74) is 0.361. The van der Waals surface area contributed by atoms with Crippen LogP contribution in [-0.2, 0) is 30.9 Å². The summed E-state index contributed by atoms with van der Waals surface area (Å²) in [5.74, 6) is -0.369. The van der Waals surface area contributed by atoms with E-state index in [0.717, 1.165) is 4.68 Å². The maximum atomic E-state index is 13.3. The number of alkyl halides is 5. The summed E-state index contributed by atoms with van der Waals surface area (Å²) in [6.45, 7) is 2.25. The van der Waals surface area contributed by atoms with Crippen LogP contribution < -0.4 is 4.74 Å². The highest BCUT2D eigenvalue weighted by atomic mass is 19.4. The van der Waals surface area contributed by atoms with E-state index in [1.807, 2.05) is 6.07 Å². The number of carbonyl (C=O) groups excluding carboxylic acids is 1. The van der Waals surface area contributed by atoms with Crippen LogP contribution in [0.5, 0.6) is 5.88 Å². The highest BCUT2D eigenvalue weighted by Crippen LogP contribution is 2.36. The van der Waals surface area contributed by atoms with E-state index in [1.165, 1.54) is 19.3 Å². The van der Waals surface area contributed by atoms with Crippen LogP contribution in [0.4, 0.5) is 22.0 Å². The number of hydrogen-bond donors (Lipinski definition) is 0. The smallest absolute Gasteiger partial charge is 0.435 e. The molecule has 3 heterocycles. The van der Waals surface area contributed by atoms with Gasteiger partial charge in [-0.2, -0.15) is 28.6 Å². The van der Waals surface area contributed by atoms with E-state index in [0.29, 0.717) is 22.4 Å². The van der Waals surface area contributed by atoms with Gasteiger partial charge >= 0.3 is 6.18 Å². The highest BCUT2D eigenvalue weighted by Gasteiger charge is 2.38. The molecule has 0 aliphatic carbocycles. The maximum Gasteiger partial charge on any atom is 0.435 e. The second-order valence-electron chi connectivity index (χ2n) is 8.06. The van der Waals surface area contributed by atoms with Gasteiger partial charge in [-0.25, -0.2) is 13.8 Å². The molecule has 36 heavy (non-hydrogen) atoms. The normalized spacial score (nSPS) is 11.6. The van der Waals surface area contributed by atoms with Gasteiger partial charge in [-0.05, 0) is 43.5 Å². The van der Waals surface area contributed by atoms with Crippen molar-refractivity contribution in [3.8, 4) is 23.2 Å². The van der Waals surface area contributed by atoms with Gasteiger partial charge in [0.25, 0.3) is 6.43 Å². The summed E-state index contributed by atoms with van der Waals surface area (Å²) < 4.78 is 70.9. The fourth-order valence-corrected chi connectivity index (χ4v) is 3.53. The minimum absolute atomic E-state index is 0.0328. The van der Waals surface area contributed by atoms with Crippen LogP contribution in [0.1, 0.15) is 40.2 Å². The molecule has 0 saturated heterocycles. The molecule has 190 valence electrons. The monoisotopic (exact) mass is 508 g/mol. The van der Waals surface area contributed by atoms with E-state index in [9.17, 15) is 26.7 Å². The summed E-state index contributed by atoms with van der Waals surface area (Å²) in [6, 6.07) is 4.77. The zero-order valence-electron chi connectivity index (χ0n) is 19.5. The lowest BCUT2D eigenvalue weighted by molar-refractivity contribution is -0.141. The summed E-state index contributed by atoms with van der Waals surface area (Å²) in [7, 11) is 1.37. The van der Waals surface area contributed by atoms with Crippen molar-refractivity contribution in [2.75, 3.05) is 6.61 Å². The summed E-state index contributed by atoms with van der Waals surface area (Å²) in [4.78, 5) is 16.5. The Balaban J connectivity index is 1.72. The van der Waals surface area contributed by atoms with Gasteiger partial charge in [0.05, 0.1) is 17.0 Å². The number of aryl methyl sites for hydroxylation is 3. The molecule has 0 fully saturated rings. The average molecular weight is 508 g/mol. The average Bonchev–Trinajstić information content (AvgIpc) is 3.20. The fourth-order valence-electron chi connectivity index (χ4n) is 3.53. The first kappa shape index (κ1) is 26.7. The second-order valence-corrected chi connectivity index (χ2v) is 8.06. The van der Waals surface area contributed by atoms with Crippen molar-refractivity contribution in [2.24, 2.45) is 7.05 Å². The van der Waals surface area contributed by atoms with Crippen LogP contribution in [0.25, 0.3) is 11.3 Å². The number of ketones is 1. The third-order valence-electron chi connectivity index (χ3n) is 5.23. The van der Waals surface area contributed by atoms with Gasteiger partial charge in [0.15, 0.2) is 12.3 Å². The Bertz CT molecular complexity index is 1310. The first-order valence-electron chi connectivity index (χ1n) is 10.7. The van der Waals surface area contributed by atoms with Crippen molar-refractivity contribution in [3.05, 3.63) is 52.1 Å². The topological polar surface area (TPSA) is 107 Å². The molecule has 0 spiro atoms. The van der Waals surface area contributed by atoms with Gasteiger partial charge < -0.3 is 4.74 Å². The number of halogens is 5. The predicted molar refractivity (Wildman–Crippen MR) is 116 cm³/mol. The van der Waals surface area contributed by atoms with Gasteiger partial charge in [-0.1, -0.05) is 0 Å². The number of rotatable bonds is 9. The van der Waals surface area contributed by atoms with Gasteiger partial charge in [-0.3, -0.25) is 9.48 Å². The van der Waals surface area contributed by atoms with E-state index >= 15 is 0 Å². The Morgan fingerprint density at radius 2 is 1.94 bits per heavy atom. The van der Waals surface area contributed by atoms with E-state index in [-0.39, 0.29) is 47.9 Å². The fraction of sp³-hybridized carbons (Fsp3) is 0.391. The standard InChI is InChI=1S/C23H21F5N6O2/c1-12-6-15(31-32-20(12)18-10-34(3)33-21(18)23(26,27)28)4-5-17(35)8-14-7-16(9-29)30-22(13(14)2)36-11-19(24)25/h6-7,10,19H,4-5,8,11H2,1-3H3. The van der Waals surface area contributed by atoms with E-state index in [2.05, 4.69) is 20.3 Å². The molecule has 3 aromatic heterocycles. The lowest BCUT2D eigenvalue weighted by atomic mass is 10.0. The molecule has 13 heteroatoms. The Hall–Kier alpha value is -3.95. The number of pyridine rings is 1. The molecular formula is C23H21F5N6O2. The molecule has 8 nitrogen and oxygen atoms in total. The number of nitrogens with zero attached hydrogens (tertiary/aromatic N) is 6. The summed E-state index contributed by atoms with van der Waals surface area (Å²) in [6.07, 6.45) is -6.05. The van der Waals surface area contributed by atoms with Crippen LogP contribution >= 0.6 is 0 Å². The molecule has 0 unspecified atom stereocenters. The SMILES string of the molecule is Cc1cc(CCC(=O)Cc2cc(C#N)nc(OCC(F)F)c2C)nnc1-c1cn(C)nc1C(F)(F)F. The zero-order chi connectivity index (χ0) is 26.6. The van der Waals surface area contributed by atoms with Crippen LogP contribution in [0.2, 0.25) is 0 Å². The van der Waals surface area contributed by atoms with Gasteiger partial charge in [0.1, 0.15) is 17.5 Å². The molecule has 0 aliphatic heterocycles. The first-order chi connectivity index (χ1) is 16.9. The first-order valence-corrected chi connectivity index (χ1v) is 10.7. The van der Waals surface area contributed by atoms with Gasteiger partial charge in [-0.15, -0.1) is 5.10 Å². The van der Waals surface area contributed by atoms with Gasteiger partial charge in [0.2, 0.25) is 5.88 Å². The molecule has 0 saturated carbocycles. The molecule has 0 aromatic carbocycles. The van der Waals surface area contributed by atoms with Crippen molar-refractivity contribution < 1.29 is 31.5 Å². The van der Waals surface area contributed by atoms with Crippen molar-refractivity contribution >= 4 is 5.78 Å². The number of nitriles is 1. The number of Topliss-reactive ketones (excluding diaryl/α,β-unsaturated/α-hetero) is 1. The van der Waals surface area contributed by atoms with Crippen molar-refractivity contribution in [3.63, 3.8) is 0 Å². The molecule has 0 radical (unpaired) electrons. The minimum Gasteiger partial charge on any atom is -0.471 e. The van der Waals surface area contributed by atoms with Crippen molar-refractivity contribution in [2.45, 2.75) is 45.7 Å². The van der Waals surface area contributed by atoms with Crippen molar-refractivity contribution in [1.29, 1.82) is 5.26 Å². The van der Waals surface area contributed by atoms with E-state index in [4.69, 9.17) is 10.00 Å². The lowest BCUT2D eigenvalue weighted by Crippen LogP contribution is -2.12. The Morgan fingerprint density at radius 1 is 1.22 bits per heavy atom. The molecule has 0 N–H and O–H groups in total. The predicted octanol–water partition coefficient (Wildman–Crippen LogP) is 4.17. The molecule has 0 amide bonds. The van der Waals surface area contributed by atoms with Crippen molar-refractivity contribution in [1.82, 2.24) is 25.0 Å². The zero-order valence-corrected chi connectivity index (χ0v) is 19.5. The third-order valence-corrected chi connectivity index (χ3v) is 5.23. The molecule has 3 rings (SSSR count). The number of carbonyl (C=O) groups is 1. The largest absolute Gasteiger partial charge is 0.471 e. The van der Waals surface area contributed by atoms with Crippen LogP contribution in [0.15, 0.2) is 18.3 Å². The van der Waals surface area contributed by atoms with E-state index < -0.39 is 24.9 Å². The Morgan fingerprint density at radius 3 is 2.56 bits per heavy atom. The van der Waals surface area contributed by atoms with Crippen LogP contribution in [-0.4, -0.2) is 43.8 Å². The third kappa shape index (κ3) is 6.38. The number of hydrogen-bond acceptors (Lipinski definition) is 7. The molecule has 0 aliphatic rings. The molecule has 0 bridgehead atoms. The maximum absolute atomic E-state index is 13.3. The molecular weight excluding hydrogens is 487 g/mol. The van der Waals surface area contributed by atoms with Crippen LogP contribution in [0.3, 0.4) is 0 Å². The minimum atomic E-state index is -4.66. The highest BCUT2D eigenvalue weighted by molar-refractivity contribution is 5.81. The number of ether oxygens (including phenoxy) is 1. The van der Waals surface area contributed by atoms with Crippen LogP contribution in [0, 0.1) is 25.2 Å². The Kier molecular flexibility index (Phi) is 7.96. The summed E-state index contributed by atoms with van der Waals surface area (Å²) in [5, 5.41) is 20.5. The number of aromatic nitrogens is 5. The quantitative estimate of drug-likeness (QED) is 0.400. The molecule has 3 aromatic rings. The second kappa shape index (κ2) is 10.8.